The van der Waals surface area contributed by atoms with Gasteiger partial charge in [-0.3, -0.25) is 9.59 Å². The van der Waals surface area contributed by atoms with E-state index in [0.29, 0.717) is 27.3 Å². The molecule has 2 heterocycles. The number of methoxy groups -OCH3 is 1. The first-order chi connectivity index (χ1) is 14.3. The fraction of sp³-hybridized carbons (Fsp3) is 0.412. The second-order valence-corrected chi connectivity index (χ2v) is 10.9. The Labute approximate surface area is 187 Å². The average Bonchev–Trinajstić information content (AvgIpc) is 3.19. The van der Waals surface area contributed by atoms with Gasteiger partial charge in [0.15, 0.2) is 4.34 Å². The van der Waals surface area contributed by atoms with Gasteiger partial charge in [-0.2, -0.15) is 4.31 Å². The van der Waals surface area contributed by atoms with Gasteiger partial charge in [-0.15, -0.1) is 10.2 Å². The molecule has 1 aromatic heterocycles. The molecular weight excluding hydrogens is 472 g/mol. The normalized spacial score (nSPS) is 15.7. The van der Waals surface area contributed by atoms with Crippen LogP contribution in [0.1, 0.15) is 12.8 Å². The highest BCUT2D eigenvalue weighted by atomic mass is 35.5. The minimum atomic E-state index is -3.62. The number of carbonyl (C=O) groups excluding carboxylic acids is 2. The highest BCUT2D eigenvalue weighted by Crippen LogP contribution is 2.28. The summed E-state index contributed by atoms with van der Waals surface area (Å²) in [5, 5.41) is 11.3. The number of hydrogen-bond acceptors (Lipinski definition) is 9. The fourth-order valence-corrected chi connectivity index (χ4v) is 6.00. The molecule has 0 saturated carbocycles. The van der Waals surface area contributed by atoms with Gasteiger partial charge in [0, 0.05) is 24.0 Å². The molecule has 1 aromatic carbocycles. The minimum Gasteiger partial charge on any atom is -0.468 e. The predicted molar refractivity (Wildman–Crippen MR) is 114 cm³/mol. The Bertz CT molecular complexity index is 1000. The third-order valence-electron chi connectivity index (χ3n) is 4.45. The molecule has 2 aromatic rings. The number of thioether (sulfide) groups is 1. The highest BCUT2D eigenvalue weighted by molar-refractivity contribution is 8.01. The number of piperidine rings is 1. The predicted octanol–water partition coefficient (Wildman–Crippen LogP) is 2.50. The van der Waals surface area contributed by atoms with Gasteiger partial charge < -0.3 is 10.1 Å². The van der Waals surface area contributed by atoms with E-state index in [-0.39, 0.29) is 41.5 Å². The summed E-state index contributed by atoms with van der Waals surface area (Å²) < 4.78 is 31.9. The van der Waals surface area contributed by atoms with Gasteiger partial charge in [-0.1, -0.05) is 34.7 Å². The number of halogens is 1. The third-order valence-corrected chi connectivity index (χ3v) is 8.56. The molecule has 0 radical (unpaired) electrons. The molecule has 0 atom stereocenters. The number of benzene rings is 1. The zero-order valence-electron chi connectivity index (χ0n) is 15.9. The highest BCUT2D eigenvalue weighted by Gasteiger charge is 2.32. The molecule has 0 spiro atoms. The second kappa shape index (κ2) is 10.1. The van der Waals surface area contributed by atoms with Crippen LogP contribution in [-0.4, -0.2) is 60.7 Å². The van der Waals surface area contributed by atoms with Crippen LogP contribution in [0, 0.1) is 5.92 Å². The first kappa shape index (κ1) is 22.9. The van der Waals surface area contributed by atoms with Gasteiger partial charge in [0.05, 0.1) is 17.8 Å². The van der Waals surface area contributed by atoms with Crippen molar-refractivity contribution in [1.29, 1.82) is 0 Å². The number of amides is 1. The number of carbonyl (C=O) groups is 2. The second-order valence-electron chi connectivity index (χ2n) is 6.36. The molecular formula is C17H19ClN4O5S3. The number of rotatable bonds is 7. The van der Waals surface area contributed by atoms with E-state index >= 15 is 0 Å². The lowest BCUT2D eigenvalue weighted by molar-refractivity contribution is -0.137. The van der Waals surface area contributed by atoms with Gasteiger partial charge in [0.25, 0.3) is 0 Å². The summed E-state index contributed by atoms with van der Waals surface area (Å²) in [7, 11) is -2.31. The number of esters is 1. The van der Waals surface area contributed by atoms with Gasteiger partial charge in [0.1, 0.15) is 0 Å². The molecule has 1 aliphatic rings. The van der Waals surface area contributed by atoms with E-state index in [1.165, 1.54) is 47.4 Å². The molecule has 9 nitrogen and oxygen atoms in total. The molecule has 0 unspecified atom stereocenters. The number of aromatic nitrogens is 2. The number of ether oxygens (including phenoxy) is 1. The molecule has 1 N–H and O–H groups in total. The lowest BCUT2D eigenvalue weighted by Gasteiger charge is -2.30. The maximum absolute atomic E-state index is 12.7. The molecule has 162 valence electrons. The van der Waals surface area contributed by atoms with E-state index in [0.717, 1.165) is 11.3 Å². The Kier molecular flexibility index (Phi) is 7.69. The lowest BCUT2D eigenvalue weighted by atomic mass is 9.97. The number of hydrogen-bond donors (Lipinski definition) is 1. The van der Waals surface area contributed by atoms with E-state index in [9.17, 15) is 18.0 Å². The van der Waals surface area contributed by atoms with Gasteiger partial charge in [-0.05, 0) is 37.1 Å². The molecule has 1 fully saturated rings. The van der Waals surface area contributed by atoms with Gasteiger partial charge >= 0.3 is 5.97 Å². The van der Waals surface area contributed by atoms with Crippen LogP contribution in [0.3, 0.4) is 0 Å². The average molecular weight is 491 g/mol. The van der Waals surface area contributed by atoms with E-state index in [1.807, 2.05) is 0 Å². The van der Waals surface area contributed by atoms with Crippen LogP contribution in [0.15, 0.2) is 33.5 Å². The monoisotopic (exact) mass is 490 g/mol. The standard InChI is InChI=1S/C17H19ClN4O5S3/c1-27-14(23)10-28-17-21-20-16(29-17)19-15(24)11-6-8-22(9-7-11)30(25,26)13-4-2-12(18)3-5-13/h2-5,11H,6-10H2,1H3,(H,19,20,24). The lowest BCUT2D eigenvalue weighted by Crippen LogP contribution is -2.41. The quantitative estimate of drug-likeness (QED) is 0.357. The van der Waals surface area contributed by atoms with E-state index in [4.69, 9.17) is 11.6 Å². The van der Waals surface area contributed by atoms with Crippen LogP contribution in [-0.2, 0) is 24.3 Å². The number of nitrogens with zero attached hydrogens (tertiary/aromatic N) is 3. The number of anilines is 1. The molecule has 3 rings (SSSR count). The zero-order chi connectivity index (χ0) is 21.7. The smallest absolute Gasteiger partial charge is 0.316 e. The summed E-state index contributed by atoms with van der Waals surface area (Å²) >= 11 is 8.16. The maximum atomic E-state index is 12.7. The Morgan fingerprint density at radius 2 is 1.93 bits per heavy atom. The SMILES string of the molecule is COC(=O)CSc1nnc(NC(=O)C2CCN(S(=O)(=O)c3ccc(Cl)cc3)CC2)s1. The number of nitrogens with one attached hydrogen (secondary N) is 1. The molecule has 30 heavy (non-hydrogen) atoms. The van der Waals surface area contributed by atoms with Crippen molar-refractivity contribution in [3.05, 3.63) is 29.3 Å². The summed E-state index contributed by atoms with van der Waals surface area (Å²) in [5.41, 5.74) is 0. The first-order valence-corrected chi connectivity index (χ1v) is 12.5. The van der Waals surface area contributed by atoms with Crippen LogP contribution in [0.25, 0.3) is 0 Å². The Morgan fingerprint density at radius 1 is 1.27 bits per heavy atom. The fourth-order valence-electron chi connectivity index (χ4n) is 2.82. The summed E-state index contributed by atoms with van der Waals surface area (Å²) in [5.74, 6) is -0.809. The maximum Gasteiger partial charge on any atom is 0.316 e. The molecule has 1 amide bonds. The van der Waals surface area contributed by atoms with Gasteiger partial charge in [-0.25, -0.2) is 8.42 Å². The van der Waals surface area contributed by atoms with Crippen LogP contribution in [0.5, 0.6) is 0 Å². The zero-order valence-corrected chi connectivity index (χ0v) is 19.1. The van der Waals surface area contributed by atoms with Crippen molar-refractivity contribution in [2.45, 2.75) is 22.1 Å². The van der Waals surface area contributed by atoms with Crippen molar-refractivity contribution in [3.8, 4) is 0 Å². The number of sulfonamides is 1. The third kappa shape index (κ3) is 5.70. The molecule has 0 aliphatic carbocycles. The largest absolute Gasteiger partial charge is 0.468 e. The van der Waals surface area contributed by atoms with Crippen molar-refractivity contribution in [1.82, 2.24) is 14.5 Å². The van der Waals surface area contributed by atoms with E-state index < -0.39 is 10.0 Å². The van der Waals surface area contributed by atoms with Crippen LogP contribution in [0.4, 0.5) is 5.13 Å². The Morgan fingerprint density at radius 3 is 2.57 bits per heavy atom. The summed E-state index contributed by atoms with van der Waals surface area (Å²) in [6.07, 6.45) is 0.808. The van der Waals surface area contributed by atoms with Crippen molar-refractivity contribution < 1.29 is 22.7 Å². The van der Waals surface area contributed by atoms with Crippen LogP contribution < -0.4 is 5.32 Å². The van der Waals surface area contributed by atoms with Crippen molar-refractivity contribution >= 4 is 61.7 Å². The topological polar surface area (TPSA) is 119 Å². The van der Waals surface area contributed by atoms with Crippen LogP contribution in [0.2, 0.25) is 5.02 Å². The first-order valence-electron chi connectivity index (χ1n) is 8.89. The molecule has 1 aliphatic heterocycles. The van der Waals surface area contributed by atoms with Crippen molar-refractivity contribution in [2.75, 3.05) is 31.3 Å². The van der Waals surface area contributed by atoms with Crippen molar-refractivity contribution in [2.24, 2.45) is 5.92 Å². The van der Waals surface area contributed by atoms with E-state index in [2.05, 4.69) is 20.3 Å². The minimum absolute atomic E-state index is 0.111. The Balaban J connectivity index is 1.52. The van der Waals surface area contributed by atoms with Crippen molar-refractivity contribution in [3.63, 3.8) is 0 Å². The van der Waals surface area contributed by atoms with Gasteiger partial charge in [0.2, 0.25) is 21.1 Å². The summed E-state index contributed by atoms with van der Waals surface area (Å²) in [4.78, 5) is 23.9. The molecule has 0 bridgehead atoms. The Hall–Kier alpha value is -1.73. The summed E-state index contributed by atoms with van der Waals surface area (Å²) in [6, 6.07) is 6.02. The molecule has 1 saturated heterocycles. The van der Waals surface area contributed by atoms with E-state index in [1.54, 1.807) is 0 Å². The molecule has 13 heteroatoms. The van der Waals surface area contributed by atoms with Crippen LogP contribution >= 0.6 is 34.7 Å². The summed E-state index contributed by atoms with van der Waals surface area (Å²) in [6.45, 7) is 0.499.